The molecule has 1 heterocycles. The minimum atomic E-state index is -0.495. The number of benzene rings is 1. The normalized spacial score (nSPS) is 18.6. The second-order valence-corrected chi connectivity index (χ2v) is 7.52. The van der Waals surface area contributed by atoms with Crippen LogP contribution in [-0.2, 0) is 6.54 Å². The van der Waals surface area contributed by atoms with Crippen molar-refractivity contribution < 1.29 is 9.59 Å². The summed E-state index contributed by atoms with van der Waals surface area (Å²) in [5.74, 6) is 0.336. The van der Waals surface area contributed by atoms with E-state index in [1.807, 2.05) is 30.3 Å². The SMILES string of the molecule is CNC(=O)c1cc(C(=O)NC[C@@H]2CCC[C@@H]2C)cn(Cc2ccccc2)c1=O. The smallest absolute Gasteiger partial charge is 0.263 e. The first-order valence-electron chi connectivity index (χ1n) is 9.78. The lowest BCUT2D eigenvalue weighted by Gasteiger charge is -2.17. The predicted octanol–water partition coefficient (Wildman–Crippen LogP) is 2.42. The molecule has 2 aromatic rings. The highest BCUT2D eigenvalue weighted by atomic mass is 16.2. The molecule has 0 bridgehead atoms. The molecular formula is C22H27N3O3. The lowest BCUT2D eigenvalue weighted by atomic mass is 9.98. The van der Waals surface area contributed by atoms with Gasteiger partial charge < -0.3 is 15.2 Å². The molecule has 1 aliphatic carbocycles. The molecular weight excluding hydrogens is 354 g/mol. The number of nitrogens with zero attached hydrogens (tertiary/aromatic N) is 1. The van der Waals surface area contributed by atoms with E-state index in [0.717, 1.165) is 12.0 Å². The summed E-state index contributed by atoms with van der Waals surface area (Å²) < 4.78 is 1.42. The van der Waals surface area contributed by atoms with E-state index in [-0.39, 0.29) is 11.5 Å². The largest absolute Gasteiger partial charge is 0.355 e. The van der Waals surface area contributed by atoms with Crippen molar-refractivity contribution in [2.45, 2.75) is 32.7 Å². The second kappa shape index (κ2) is 8.87. The van der Waals surface area contributed by atoms with Crippen LogP contribution in [0.4, 0.5) is 0 Å². The molecule has 0 unspecified atom stereocenters. The summed E-state index contributed by atoms with van der Waals surface area (Å²) in [6.07, 6.45) is 5.06. The molecule has 2 atom stereocenters. The predicted molar refractivity (Wildman–Crippen MR) is 108 cm³/mol. The van der Waals surface area contributed by atoms with Crippen molar-refractivity contribution >= 4 is 11.8 Å². The molecule has 6 nitrogen and oxygen atoms in total. The fraction of sp³-hybridized carbons (Fsp3) is 0.409. The molecule has 1 saturated carbocycles. The third kappa shape index (κ3) is 4.50. The third-order valence-electron chi connectivity index (χ3n) is 5.58. The molecule has 1 aromatic carbocycles. The van der Waals surface area contributed by atoms with Crippen molar-refractivity contribution in [3.8, 4) is 0 Å². The maximum atomic E-state index is 12.7. The molecule has 6 heteroatoms. The Balaban J connectivity index is 1.87. The number of carbonyl (C=O) groups excluding carboxylic acids is 2. The van der Waals surface area contributed by atoms with E-state index in [2.05, 4.69) is 17.6 Å². The summed E-state index contributed by atoms with van der Waals surface area (Å²) in [5.41, 5.74) is 0.800. The highest BCUT2D eigenvalue weighted by molar-refractivity contribution is 5.99. The minimum Gasteiger partial charge on any atom is -0.355 e. The Kier molecular flexibility index (Phi) is 6.29. The summed E-state index contributed by atoms with van der Waals surface area (Å²) in [6, 6.07) is 10.9. The molecule has 1 fully saturated rings. The van der Waals surface area contributed by atoms with Crippen LogP contribution in [0.15, 0.2) is 47.4 Å². The molecule has 0 radical (unpaired) electrons. The van der Waals surface area contributed by atoms with Crippen LogP contribution in [0.5, 0.6) is 0 Å². The van der Waals surface area contributed by atoms with E-state index < -0.39 is 11.5 Å². The fourth-order valence-electron chi connectivity index (χ4n) is 3.81. The monoisotopic (exact) mass is 381 g/mol. The van der Waals surface area contributed by atoms with E-state index >= 15 is 0 Å². The van der Waals surface area contributed by atoms with Crippen LogP contribution in [0.25, 0.3) is 0 Å². The summed E-state index contributed by atoms with van der Waals surface area (Å²) in [4.78, 5) is 37.6. The fourth-order valence-corrected chi connectivity index (χ4v) is 3.81. The zero-order chi connectivity index (χ0) is 20.1. The number of amides is 2. The van der Waals surface area contributed by atoms with Crippen LogP contribution in [0.1, 0.15) is 52.5 Å². The van der Waals surface area contributed by atoms with Gasteiger partial charge in [-0.2, -0.15) is 0 Å². The minimum absolute atomic E-state index is 0.0275. The molecule has 0 saturated heterocycles. The summed E-state index contributed by atoms with van der Waals surface area (Å²) in [6.45, 7) is 3.13. The number of aromatic nitrogens is 1. The van der Waals surface area contributed by atoms with E-state index in [1.165, 1.54) is 36.7 Å². The van der Waals surface area contributed by atoms with Gasteiger partial charge in [-0.25, -0.2) is 0 Å². The molecule has 0 aliphatic heterocycles. The summed E-state index contributed by atoms with van der Waals surface area (Å²) in [7, 11) is 1.47. The van der Waals surface area contributed by atoms with Gasteiger partial charge in [-0.3, -0.25) is 14.4 Å². The summed E-state index contributed by atoms with van der Waals surface area (Å²) >= 11 is 0. The molecule has 1 aromatic heterocycles. The number of hydrogen-bond donors (Lipinski definition) is 2. The lowest BCUT2D eigenvalue weighted by molar-refractivity contribution is 0.0943. The Labute approximate surface area is 165 Å². The number of nitrogens with one attached hydrogen (secondary N) is 2. The van der Waals surface area contributed by atoms with Crippen molar-refractivity contribution in [3.05, 3.63) is 69.6 Å². The van der Waals surface area contributed by atoms with E-state index in [4.69, 9.17) is 0 Å². The Morgan fingerprint density at radius 1 is 1.14 bits per heavy atom. The van der Waals surface area contributed by atoms with Crippen LogP contribution < -0.4 is 16.2 Å². The average Bonchev–Trinajstić information content (AvgIpc) is 3.12. The Morgan fingerprint density at radius 2 is 1.89 bits per heavy atom. The van der Waals surface area contributed by atoms with Gasteiger partial charge in [0.15, 0.2) is 0 Å². The van der Waals surface area contributed by atoms with Crippen molar-refractivity contribution in [1.82, 2.24) is 15.2 Å². The highest BCUT2D eigenvalue weighted by Crippen LogP contribution is 2.30. The molecule has 2 amide bonds. The standard InChI is InChI=1S/C22H27N3O3/c1-15-7-6-10-17(15)12-24-20(26)18-11-19(21(27)23-2)22(28)25(14-18)13-16-8-4-3-5-9-16/h3-5,8-9,11,14-15,17H,6-7,10,12-13H2,1-2H3,(H,23,27)(H,24,26)/t15-,17-/m0/s1. The quantitative estimate of drug-likeness (QED) is 0.806. The first-order valence-corrected chi connectivity index (χ1v) is 9.78. The number of carbonyl (C=O) groups is 2. The lowest BCUT2D eigenvalue weighted by Crippen LogP contribution is -2.35. The van der Waals surface area contributed by atoms with Crippen LogP contribution in [0.2, 0.25) is 0 Å². The number of pyridine rings is 1. The van der Waals surface area contributed by atoms with Crippen molar-refractivity contribution in [2.24, 2.45) is 11.8 Å². The van der Waals surface area contributed by atoms with Gasteiger partial charge in [-0.05, 0) is 29.9 Å². The Morgan fingerprint density at radius 3 is 2.54 bits per heavy atom. The zero-order valence-electron chi connectivity index (χ0n) is 16.4. The highest BCUT2D eigenvalue weighted by Gasteiger charge is 2.24. The molecule has 0 spiro atoms. The molecule has 148 valence electrons. The van der Waals surface area contributed by atoms with Crippen LogP contribution in [-0.4, -0.2) is 30.0 Å². The van der Waals surface area contributed by atoms with Gasteiger partial charge in [0.25, 0.3) is 17.4 Å². The van der Waals surface area contributed by atoms with Gasteiger partial charge >= 0.3 is 0 Å². The third-order valence-corrected chi connectivity index (χ3v) is 5.58. The summed E-state index contributed by atoms with van der Waals surface area (Å²) in [5, 5.41) is 5.46. The molecule has 28 heavy (non-hydrogen) atoms. The van der Waals surface area contributed by atoms with E-state index in [9.17, 15) is 14.4 Å². The van der Waals surface area contributed by atoms with Crippen LogP contribution in [0.3, 0.4) is 0 Å². The van der Waals surface area contributed by atoms with E-state index in [1.54, 1.807) is 0 Å². The molecule has 1 aliphatic rings. The second-order valence-electron chi connectivity index (χ2n) is 7.52. The first kappa shape index (κ1) is 19.9. The number of rotatable bonds is 6. The van der Waals surface area contributed by atoms with Crippen LogP contribution in [0, 0.1) is 11.8 Å². The Bertz CT molecular complexity index is 905. The van der Waals surface area contributed by atoms with Gasteiger partial charge in [-0.1, -0.05) is 50.1 Å². The maximum Gasteiger partial charge on any atom is 0.263 e. The number of hydrogen-bond acceptors (Lipinski definition) is 3. The van der Waals surface area contributed by atoms with Crippen molar-refractivity contribution in [2.75, 3.05) is 13.6 Å². The van der Waals surface area contributed by atoms with Gasteiger partial charge in [0, 0.05) is 19.8 Å². The maximum absolute atomic E-state index is 12.7. The molecule has 2 N–H and O–H groups in total. The topological polar surface area (TPSA) is 80.2 Å². The van der Waals surface area contributed by atoms with E-state index in [0.29, 0.717) is 30.5 Å². The molecule has 3 rings (SSSR count). The van der Waals surface area contributed by atoms with Gasteiger partial charge in [0.1, 0.15) is 5.56 Å². The Hall–Kier alpha value is -2.89. The first-order chi connectivity index (χ1) is 13.5. The van der Waals surface area contributed by atoms with Crippen molar-refractivity contribution in [3.63, 3.8) is 0 Å². The van der Waals surface area contributed by atoms with Gasteiger partial charge in [0.2, 0.25) is 0 Å². The van der Waals surface area contributed by atoms with Gasteiger partial charge in [0.05, 0.1) is 12.1 Å². The zero-order valence-corrected chi connectivity index (χ0v) is 16.4. The average molecular weight is 381 g/mol. The van der Waals surface area contributed by atoms with Crippen LogP contribution >= 0.6 is 0 Å². The van der Waals surface area contributed by atoms with Gasteiger partial charge in [-0.15, -0.1) is 0 Å². The van der Waals surface area contributed by atoms with Crippen molar-refractivity contribution in [1.29, 1.82) is 0 Å².